The minimum Gasteiger partial charge on any atom is -0.486 e. The van der Waals surface area contributed by atoms with E-state index < -0.39 is 0 Å². The molecule has 144 valence electrons. The van der Waals surface area contributed by atoms with E-state index in [4.69, 9.17) is 9.47 Å². The van der Waals surface area contributed by atoms with Crippen LogP contribution in [0.1, 0.15) is 11.8 Å². The highest BCUT2D eigenvalue weighted by molar-refractivity contribution is 7.09. The Hall–Kier alpha value is -2.58. The largest absolute Gasteiger partial charge is 0.486 e. The second-order valence-electron chi connectivity index (χ2n) is 6.07. The van der Waals surface area contributed by atoms with E-state index in [2.05, 4.69) is 10.6 Å². The molecule has 2 N–H and O–H groups in total. The molecule has 1 aromatic heterocycles. The Balaban J connectivity index is 1.47. The molecule has 0 bridgehead atoms. The van der Waals surface area contributed by atoms with Gasteiger partial charge in [-0.3, -0.25) is 14.5 Å². The maximum Gasteiger partial charge on any atom is 0.238 e. The Kier molecular flexibility index (Phi) is 6.67. The summed E-state index contributed by atoms with van der Waals surface area (Å²) in [5.41, 5.74) is 0.641. The molecule has 1 aliphatic rings. The van der Waals surface area contributed by atoms with Crippen molar-refractivity contribution in [3.05, 3.63) is 40.6 Å². The van der Waals surface area contributed by atoms with Crippen molar-refractivity contribution in [2.24, 2.45) is 0 Å². The molecule has 1 aromatic carbocycles. The number of ether oxygens (including phenoxy) is 2. The summed E-state index contributed by atoms with van der Waals surface area (Å²) in [5.74, 6) is 1.02. The standard InChI is InChI=1S/C19H23N3O4S/c1-2-22(12-18(23)20-11-15-4-3-9-27-15)13-19(24)21-14-5-6-16-17(10-14)26-8-7-25-16/h3-6,9-10H,2,7-8,11-13H2,1H3,(H,20,23)(H,21,24). The molecule has 8 heteroatoms. The van der Waals surface area contributed by atoms with Gasteiger partial charge in [-0.2, -0.15) is 0 Å². The molecule has 2 heterocycles. The number of nitrogens with zero attached hydrogens (tertiary/aromatic N) is 1. The Morgan fingerprint density at radius 2 is 1.89 bits per heavy atom. The summed E-state index contributed by atoms with van der Waals surface area (Å²) >= 11 is 1.60. The number of thiophene rings is 1. The lowest BCUT2D eigenvalue weighted by Gasteiger charge is -2.21. The van der Waals surface area contributed by atoms with Gasteiger partial charge in [-0.15, -0.1) is 11.3 Å². The van der Waals surface area contributed by atoms with Crippen LogP contribution in [0.2, 0.25) is 0 Å². The van der Waals surface area contributed by atoms with E-state index in [-0.39, 0.29) is 24.9 Å². The lowest BCUT2D eigenvalue weighted by molar-refractivity contribution is -0.123. The highest BCUT2D eigenvalue weighted by atomic mass is 32.1. The molecule has 0 saturated heterocycles. The van der Waals surface area contributed by atoms with Gasteiger partial charge in [0.1, 0.15) is 13.2 Å². The molecule has 0 radical (unpaired) electrons. The van der Waals surface area contributed by atoms with Crippen molar-refractivity contribution in [1.82, 2.24) is 10.2 Å². The molecular formula is C19H23N3O4S. The molecule has 0 atom stereocenters. The van der Waals surface area contributed by atoms with Crippen LogP contribution in [-0.4, -0.2) is 49.6 Å². The Labute approximate surface area is 162 Å². The van der Waals surface area contributed by atoms with Crippen LogP contribution in [-0.2, 0) is 16.1 Å². The summed E-state index contributed by atoms with van der Waals surface area (Å²) in [7, 11) is 0. The molecule has 0 aliphatic carbocycles. The molecule has 0 unspecified atom stereocenters. The zero-order valence-electron chi connectivity index (χ0n) is 15.2. The molecule has 2 aromatic rings. The molecule has 27 heavy (non-hydrogen) atoms. The van der Waals surface area contributed by atoms with Crippen molar-refractivity contribution in [3.8, 4) is 11.5 Å². The van der Waals surface area contributed by atoms with Gasteiger partial charge in [0, 0.05) is 16.6 Å². The average molecular weight is 389 g/mol. The molecular weight excluding hydrogens is 366 g/mol. The van der Waals surface area contributed by atoms with Gasteiger partial charge < -0.3 is 20.1 Å². The van der Waals surface area contributed by atoms with Crippen molar-refractivity contribution >= 4 is 28.8 Å². The summed E-state index contributed by atoms with van der Waals surface area (Å²) in [6.45, 7) is 4.36. The number of benzene rings is 1. The number of carbonyl (C=O) groups is 2. The van der Waals surface area contributed by atoms with Crippen LogP contribution in [0.4, 0.5) is 5.69 Å². The van der Waals surface area contributed by atoms with Gasteiger partial charge in [0.25, 0.3) is 0 Å². The van der Waals surface area contributed by atoms with Crippen LogP contribution in [0.25, 0.3) is 0 Å². The van der Waals surface area contributed by atoms with Crippen LogP contribution < -0.4 is 20.1 Å². The number of rotatable bonds is 8. The van der Waals surface area contributed by atoms with Crippen molar-refractivity contribution < 1.29 is 19.1 Å². The van der Waals surface area contributed by atoms with Gasteiger partial charge in [0.2, 0.25) is 11.8 Å². The summed E-state index contributed by atoms with van der Waals surface area (Å²) < 4.78 is 11.0. The van der Waals surface area contributed by atoms with E-state index in [0.717, 1.165) is 4.88 Å². The minimum atomic E-state index is -0.181. The fourth-order valence-electron chi connectivity index (χ4n) is 2.66. The highest BCUT2D eigenvalue weighted by Crippen LogP contribution is 2.32. The summed E-state index contributed by atoms with van der Waals surface area (Å²) in [5, 5.41) is 7.69. The molecule has 0 spiro atoms. The van der Waals surface area contributed by atoms with Gasteiger partial charge in [0.15, 0.2) is 11.5 Å². The fourth-order valence-corrected chi connectivity index (χ4v) is 3.31. The smallest absolute Gasteiger partial charge is 0.238 e. The number of carbonyl (C=O) groups excluding carboxylic acids is 2. The van der Waals surface area contributed by atoms with Crippen LogP contribution in [0.3, 0.4) is 0 Å². The zero-order chi connectivity index (χ0) is 19.1. The second-order valence-corrected chi connectivity index (χ2v) is 7.10. The number of nitrogens with one attached hydrogen (secondary N) is 2. The third-order valence-electron chi connectivity index (χ3n) is 4.05. The van der Waals surface area contributed by atoms with E-state index in [1.54, 1.807) is 34.4 Å². The van der Waals surface area contributed by atoms with Crippen molar-refractivity contribution in [2.75, 3.05) is 38.2 Å². The van der Waals surface area contributed by atoms with Crippen LogP contribution >= 0.6 is 11.3 Å². The lowest BCUT2D eigenvalue weighted by Crippen LogP contribution is -2.40. The first-order valence-corrected chi connectivity index (χ1v) is 9.73. The van der Waals surface area contributed by atoms with Gasteiger partial charge in [-0.25, -0.2) is 0 Å². The first kappa shape index (κ1) is 19.2. The van der Waals surface area contributed by atoms with Gasteiger partial charge >= 0.3 is 0 Å². The molecule has 7 nitrogen and oxygen atoms in total. The van der Waals surface area contributed by atoms with Crippen molar-refractivity contribution in [1.29, 1.82) is 0 Å². The molecule has 0 fully saturated rings. The lowest BCUT2D eigenvalue weighted by atomic mass is 10.2. The van der Waals surface area contributed by atoms with Gasteiger partial charge in [-0.1, -0.05) is 13.0 Å². The van der Waals surface area contributed by atoms with E-state index in [1.807, 2.05) is 24.4 Å². The van der Waals surface area contributed by atoms with E-state index in [9.17, 15) is 9.59 Å². The van der Waals surface area contributed by atoms with Crippen molar-refractivity contribution in [3.63, 3.8) is 0 Å². The SMILES string of the molecule is CCN(CC(=O)NCc1cccs1)CC(=O)Nc1ccc2c(c1)OCCO2. The summed E-state index contributed by atoms with van der Waals surface area (Å²) in [6, 6.07) is 9.22. The maximum atomic E-state index is 12.3. The van der Waals surface area contributed by atoms with Crippen molar-refractivity contribution in [2.45, 2.75) is 13.5 Å². The first-order valence-electron chi connectivity index (χ1n) is 8.85. The first-order chi connectivity index (χ1) is 13.1. The fraction of sp³-hybridized carbons (Fsp3) is 0.368. The second kappa shape index (κ2) is 9.38. The highest BCUT2D eigenvalue weighted by Gasteiger charge is 2.15. The van der Waals surface area contributed by atoms with Crippen LogP contribution in [0, 0.1) is 0 Å². The van der Waals surface area contributed by atoms with Gasteiger partial charge in [0.05, 0.1) is 19.6 Å². The van der Waals surface area contributed by atoms with E-state index in [1.165, 1.54) is 0 Å². The number of likely N-dealkylation sites (N-methyl/N-ethyl adjacent to an activating group) is 1. The Morgan fingerprint density at radius 1 is 1.11 bits per heavy atom. The maximum absolute atomic E-state index is 12.3. The predicted octanol–water partition coefficient (Wildman–Crippen LogP) is 2.10. The topological polar surface area (TPSA) is 79.9 Å². The Morgan fingerprint density at radius 3 is 2.63 bits per heavy atom. The predicted molar refractivity (Wildman–Crippen MR) is 104 cm³/mol. The Bertz CT molecular complexity index is 779. The van der Waals surface area contributed by atoms with Crippen LogP contribution in [0.15, 0.2) is 35.7 Å². The molecule has 1 aliphatic heterocycles. The average Bonchev–Trinajstić information content (AvgIpc) is 3.19. The number of amides is 2. The molecule has 0 saturated carbocycles. The minimum absolute atomic E-state index is 0.0996. The number of fused-ring (bicyclic) bond motifs is 1. The third kappa shape index (κ3) is 5.70. The van der Waals surface area contributed by atoms with Gasteiger partial charge in [-0.05, 0) is 30.1 Å². The zero-order valence-corrected chi connectivity index (χ0v) is 16.0. The van der Waals surface area contributed by atoms with E-state index in [0.29, 0.717) is 43.5 Å². The number of hydrogen-bond acceptors (Lipinski definition) is 6. The van der Waals surface area contributed by atoms with E-state index >= 15 is 0 Å². The third-order valence-corrected chi connectivity index (χ3v) is 4.92. The number of anilines is 1. The summed E-state index contributed by atoms with van der Waals surface area (Å²) in [6.07, 6.45) is 0. The molecule has 3 rings (SSSR count). The number of hydrogen-bond donors (Lipinski definition) is 2. The quantitative estimate of drug-likeness (QED) is 0.723. The molecule has 2 amide bonds. The van der Waals surface area contributed by atoms with Crippen LogP contribution in [0.5, 0.6) is 11.5 Å². The monoisotopic (exact) mass is 389 g/mol. The normalized spacial score (nSPS) is 12.7. The summed E-state index contributed by atoms with van der Waals surface area (Å²) in [4.78, 5) is 27.3.